The lowest BCUT2D eigenvalue weighted by molar-refractivity contribution is -0.870. The molecule has 0 radical (unpaired) electrons. The van der Waals surface area contributed by atoms with Crippen LogP contribution in [0.4, 0.5) is 0 Å². The quantitative estimate of drug-likeness (QED) is 0.0217. The molecule has 0 saturated heterocycles. The maximum absolute atomic E-state index is 12.7. The summed E-state index contributed by atoms with van der Waals surface area (Å²) in [4.78, 5) is 35.3. The summed E-state index contributed by atoms with van der Waals surface area (Å²) in [5.74, 6) is -0.834. The van der Waals surface area contributed by atoms with Crippen molar-refractivity contribution in [2.45, 2.75) is 174 Å². The zero-order valence-electron chi connectivity index (χ0n) is 35.2. The Bertz CT molecular complexity index is 1070. The molecule has 0 aromatic heterocycles. The van der Waals surface area contributed by atoms with Gasteiger partial charge in [0.25, 0.3) is 0 Å². The number of nitrogens with zero attached hydrogens (tertiary/aromatic N) is 1. The van der Waals surface area contributed by atoms with Crippen LogP contribution >= 0.6 is 7.82 Å². The largest absolute Gasteiger partial charge is 0.472 e. The first-order valence-corrected chi connectivity index (χ1v) is 22.9. The molecule has 10 heteroatoms. The predicted octanol–water partition coefficient (Wildman–Crippen LogP) is 11.9. The van der Waals surface area contributed by atoms with E-state index in [1.807, 2.05) is 21.1 Å². The summed E-state index contributed by atoms with van der Waals surface area (Å²) in [5.41, 5.74) is 0. The molecular formula is C44H81NO8P+. The first-order valence-electron chi connectivity index (χ1n) is 21.4. The van der Waals surface area contributed by atoms with Gasteiger partial charge in [-0.3, -0.25) is 18.6 Å². The Kier molecular flexibility index (Phi) is 35.2. The van der Waals surface area contributed by atoms with Crippen LogP contribution in [-0.4, -0.2) is 74.9 Å². The molecule has 9 nitrogen and oxygen atoms in total. The van der Waals surface area contributed by atoms with E-state index in [2.05, 4.69) is 62.5 Å². The highest BCUT2D eigenvalue weighted by molar-refractivity contribution is 7.47. The van der Waals surface area contributed by atoms with Crippen molar-refractivity contribution in [3.63, 3.8) is 0 Å². The third-order valence-corrected chi connectivity index (χ3v) is 9.82. The van der Waals surface area contributed by atoms with Crippen LogP contribution in [0.5, 0.6) is 0 Å². The van der Waals surface area contributed by atoms with E-state index in [1.165, 1.54) is 51.4 Å². The Morgan fingerprint density at radius 2 is 1.00 bits per heavy atom. The minimum Gasteiger partial charge on any atom is -0.462 e. The number of rotatable bonds is 38. The van der Waals surface area contributed by atoms with Crippen LogP contribution in [-0.2, 0) is 32.7 Å². The lowest BCUT2D eigenvalue weighted by atomic mass is 10.1. The van der Waals surface area contributed by atoms with Crippen molar-refractivity contribution in [1.29, 1.82) is 0 Å². The van der Waals surface area contributed by atoms with E-state index in [-0.39, 0.29) is 32.0 Å². The molecule has 0 aliphatic carbocycles. The van der Waals surface area contributed by atoms with Crippen molar-refractivity contribution in [3.05, 3.63) is 48.6 Å². The summed E-state index contributed by atoms with van der Waals surface area (Å²) in [7, 11) is 1.45. The predicted molar refractivity (Wildman–Crippen MR) is 224 cm³/mol. The molecule has 0 aromatic carbocycles. The average Bonchev–Trinajstić information content (AvgIpc) is 3.12. The Morgan fingerprint density at radius 1 is 0.574 bits per heavy atom. The fourth-order valence-corrected chi connectivity index (χ4v) is 6.17. The normalized spacial score (nSPS) is 14.1. The summed E-state index contributed by atoms with van der Waals surface area (Å²) in [6, 6.07) is 0. The van der Waals surface area contributed by atoms with Crippen LogP contribution in [0.25, 0.3) is 0 Å². The van der Waals surface area contributed by atoms with Crippen molar-refractivity contribution < 1.29 is 42.1 Å². The maximum Gasteiger partial charge on any atom is 0.472 e. The number of carbonyl (C=O) groups excluding carboxylic acids is 2. The molecule has 0 aromatic rings. The van der Waals surface area contributed by atoms with Crippen LogP contribution in [0.2, 0.25) is 0 Å². The van der Waals surface area contributed by atoms with E-state index < -0.39 is 26.5 Å². The summed E-state index contributed by atoms with van der Waals surface area (Å²) in [5, 5.41) is 0. The van der Waals surface area contributed by atoms with Gasteiger partial charge in [0.1, 0.15) is 19.8 Å². The lowest BCUT2D eigenvalue weighted by Crippen LogP contribution is -2.37. The minimum absolute atomic E-state index is 0.0249. The molecular weight excluding hydrogens is 701 g/mol. The number of hydrogen-bond acceptors (Lipinski definition) is 7. The summed E-state index contributed by atoms with van der Waals surface area (Å²) >= 11 is 0. The Hall–Kier alpha value is -2.03. The molecule has 0 aliphatic heterocycles. The van der Waals surface area contributed by atoms with Crippen LogP contribution in [0.15, 0.2) is 48.6 Å². The fraction of sp³-hybridized carbons (Fsp3) is 0.773. The lowest BCUT2D eigenvalue weighted by Gasteiger charge is -2.24. The first kappa shape index (κ1) is 52.0. The summed E-state index contributed by atoms with van der Waals surface area (Å²) < 4.78 is 34.2. The Labute approximate surface area is 331 Å². The van der Waals surface area contributed by atoms with Crippen LogP contribution < -0.4 is 0 Å². The highest BCUT2D eigenvalue weighted by Crippen LogP contribution is 2.43. The topological polar surface area (TPSA) is 108 Å². The average molecular weight is 783 g/mol. The van der Waals surface area contributed by atoms with E-state index in [1.54, 1.807) is 0 Å². The number of unbranched alkanes of at least 4 members (excludes halogenated alkanes) is 16. The minimum atomic E-state index is -4.38. The van der Waals surface area contributed by atoms with E-state index in [0.717, 1.165) is 83.5 Å². The van der Waals surface area contributed by atoms with Gasteiger partial charge < -0.3 is 18.9 Å². The molecule has 0 rings (SSSR count). The molecule has 0 aliphatic rings. The zero-order chi connectivity index (χ0) is 40.0. The third kappa shape index (κ3) is 39.7. The Morgan fingerprint density at radius 3 is 1.46 bits per heavy atom. The van der Waals surface area contributed by atoms with Gasteiger partial charge in [0.05, 0.1) is 27.7 Å². The second-order valence-corrected chi connectivity index (χ2v) is 16.8. The number of ether oxygens (including phenoxy) is 2. The third-order valence-electron chi connectivity index (χ3n) is 8.83. The van der Waals surface area contributed by atoms with Gasteiger partial charge in [-0.25, -0.2) is 4.57 Å². The molecule has 0 spiro atoms. The van der Waals surface area contributed by atoms with Crippen molar-refractivity contribution in [3.8, 4) is 0 Å². The monoisotopic (exact) mass is 783 g/mol. The summed E-state index contributed by atoms with van der Waals surface area (Å²) in [6.45, 7) is 4.32. The number of carbonyl (C=O) groups is 2. The van der Waals surface area contributed by atoms with E-state index in [4.69, 9.17) is 18.5 Å². The fourth-order valence-electron chi connectivity index (χ4n) is 5.43. The van der Waals surface area contributed by atoms with Crippen molar-refractivity contribution >= 4 is 19.8 Å². The molecule has 314 valence electrons. The number of quaternary nitrogens is 1. The number of phosphoric ester groups is 1. The number of allylic oxidation sites excluding steroid dienone is 8. The van der Waals surface area contributed by atoms with E-state index in [0.29, 0.717) is 17.4 Å². The summed E-state index contributed by atoms with van der Waals surface area (Å²) in [6.07, 6.45) is 41.5. The zero-order valence-corrected chi connectivity index (χ0v) is 36.1. The number of phosphoric acid groups is 1. The molecule has 0 heterocycles. The maximum atomic E-state index is 12.7. The highest BCUT2D eigenvalue weighted by Gasteiger charge is 2.27. The highest BCUT2D eigenvalue weighted by atomic mass is 31.2. The van der Waals surface area contributed by atoms with Gasteiger partial charge in [0.2, 0.25) is 0 Å². The van der Waals surface area contributed by atoms with Gasteiger partial charge in [-0.15, -0.1) is 0 Å². The molecule has 0 bridgehead atoms. The smallest absolute Gasteiger partial charge is 0.462 e. The van der Waals surface area contributed by atoms with Crippen LogP contribution in [0, 0.1) is 0 Å². The Balaban J connectivity index is 4.44. The molecule has 0 fully saturated rings. The first-order chi connectivity index (χ1) is 26.0. The SMILES string of the molecule is CCCCC/C=C/C/C=C/CCCCCCCC(=O)OCC(COP(=O)(O)OCC[N+](C)(C)C)OC(=O)CCCCCCC/C=C/C/C=C/CCCCC. The van der Waals surface area contributed by atoms with E-state index in [9.17, 15) is 19.0 Å². The molecule has 54 heavy (non-hydrogen) atoms. The van der Waals surface area contributed by atoms with Crippen molar-refractivity contribution in [2.24, 2.45) is 0 Å². The van der Waals surface area contributed by atoms with Gasteiger partial charge >= 0.3 is 19.8 Å². The van der Waals surface area contributed by atoms with Crippen molar-refractivity contribution in [2.75, 3.05) is 47.5 Å². The molecule has 1 N–H and O–H groups in total. The molecule has 0 amide bonds. The van der Waals surface area contributed by atoms with Gasteiger partial charge in [0.15, 0.2) is 6.10 Å². The van der Waals surface area contributed by atoms with Crippen molar-refractivity contribution in [1.82, 2.24) is 0 Å². The molecule has 0 saturated carbocycles. The standard InChI is InChI=1S/C44H80NO8P/c1-6-8-10-12-14-16-18-20-22-24-26-28-30-32-34-36-43(46)50-40-42(41-52-54(48,49)51-39-38-45(3,4)5)53-44(47)37-35-33-31-29-27-25-23-21-19-17-15-13-11-9-7-2/h14-17,20-23,42H,6-13,18-19,24-41H2,1-5H3/p+1/b16-14+,17-15+,22-20+,23-21+. The second-order valence-electron chi connectivity index (χ2n) is 15.4. The van der Waals surface area contributed by atoms with Gasteiger partial charge in [-0.2, -0.15) is 0 Å². The van der Waals surface area contributed by atoms with Gasteiger partial charge in [-0.05, 0) is 77.0 Å². The van der Waals surface area contributed by atoms with Gasteiger partial charge in [-0.1, -0.05) is 127 Å². The molecule has 2 atom stereocenters. The number of likely N-dealkylation sites (N-methyl/N-ethyl adjacent to an activating group) is 1. The van der Waals surface area contributed by atoms with E-state index >= 15 is 0 Å². The second kappa shape index (κ2) is 36.6. The van der Waals surface area contributed by atoms with Crippen LogP contribution in [0.1, 0.15) is 168 Å². The van der Waals surface area contributed by atoms with Gasteiger partial charge in [0, 0.05) is 12.8 Å². The molecule has 2 unspecified atom stereocenters. The number of esters is 2. The number of hydrogen-bond donors (Lipinski definition) is 1. The van der Waals surface area contributed by atoms with Crippen LogP contribution in [0.3, 0.4) is 0 Å².